The lowest BCUT2D eigenvalue weighted by molar-refractivity contribution is -0.118. The van der Waals surface area contributed by atoms with Gasteiger partial charge in [-0.1, -0.05) is 25.6 Å². The van der Waals surface area contributed by atoms with Crippen molar-refractivity contribution in [1.29, 1.82) is 0 Å². The van der Waals surface area contributed by atoms with E-state index in [0.29, 0.717) is 21.8 Å². The molecule has 1 atom stereocenters. The summed E-state index contributed by atoms with van der Waals surface area (Å²) in [5.41, 5.74) is 1.84. The Morgan fingerprint density at radius 3 is 2.17 bits per heavy atom. The number of carbonyl (C=O) groups is 3. The minimum absolute atomic E-state index is 0.0132. The summed E-state index contributed by atoms with van der Waals surface area (Å²) in [4.78, 5) is 43.1. The van der Waals surface area contributed by atoms with E-state index in [1.807, 2.05) is 25.7 Å². The van der Waals surface area contributed by atoms with Gasteiger partial charge < -0.3 is 10.2 Å². The van der Waals surface area contributed by atoms with Crippen LogP contribution in [0.15, 0.2) is 47.6 Å². The molecule has 2 heterocycles. The average Bonchev–Trinajstić information content (AvgIpc) is 3.28. The molecule has 1 aliphatic rings. The summed E-state index contributed by atoms with van der Waals surface area (Å²) >= 11 is 1.36. The third-order valence-electron chi connectivity index (χ3n) is 5.00. The molecule has 1 saturated heterocycles. The standard InChI is InChI=1S/C23H27N3O3S/c1-15(2)22(28)25-19-9-6-17(7-10-19)21(27)16(3)30-20-11-8-18(14-24-20)23(29)26-12-4-5-13-26/h6-11,14-16H,4-5,12-13H2,1-3H3,(H,25,28)/t16-/m0/s1. The largest absolute Gasteiger partial charge is 0.339 e. The van der Waals surface area contributed by atoms with Crippen LogP contribution in [-0.2, 0) is 4.79 Å². The average molecular weight is 426 g/mol. The lowest BCUT2D eigenvalue weighted by Gasteiger charge is -2.15. The van der Waals surface area contributed by atoms with Gasteiger partial charge in [-0.2, -0.15) is 0 Å². The van der Waals surface area contributed by atoms with Crippen LogP contribution in [0.4, 0.5) is 5.69 Å². The van der Waals surface area contributed by atoms with Crippen molar-refractivity contribution in [2.75, 3.05) is 18.4 Å². The van der Waals surface area contributed by atoms with Crippen LogP contribution in [0, 0.1) is 5.92 Å². The number of ketones is 1. The molecule has 0 radical (unpaired) electrons. The molecule has 1 aliphatic heterocycles. The van der Waals surface area contributed by atoms with Gasteiger partial charge in [-0.05, 0) is 56.2 Å². The summed E-state index contributed by atoms with van der Waals surface area (Å²) in [6.45, 7) is 7.11. The number of nitrogens with one attached hydrogen (secondary N) is 1. The minimum atomic E-state index is -0.325. The highest BCUT2D eigenvalue weighted by Crippen LogP contribution is 2.25. The fourth-order valence-corrected chi connectivity index (χ4v) is 4.02. The van der Waals surface area contributed by atoms with Gasteiger partial charge in [0.2, 0.25) is 5.91 Å². The van der Waals surface area contributed by atoms with Crippen molar-refractivity contribution in [2.24, 2.45) is 5.92 Å². The number of amides is 2. The Morgan fingerprint density at radius 2 is 1.60 bits per heavy atom. The molecule has 3 rings (SSSR count). The number of anilines is 1. The Balaban J connectivity index is 1.58. The first-order chi connectivity index (χ1) is 14.3. The fraction of sp³-hybridized carbons (Fsp3) is 0.391. The molecule has 0 saturated carbocycles. The van der Waals surface area contributed by atoms with Crippen LogP contribution in [0.25, 0.3) is 0 Å². The molecule has 30 heavy (non-hydrogen) atoms. The molecule has 0 bridgehead atoms. The SMILES string of the molecule is CC(C)C(=O)Nc1ccc(C(=O)[C@H](C)Sc2ccc(C(=O)N3CCCC3)cn2)cc1. The summed E-state index contributed by atoms with van der Waals surface area (Å²) in [5.74, 6) is -0.158. The number of hydrogen-bond donors (Lipinski definition) is 1. The van der Waals surface area contributed by atoms with E-state index in [1.54, 1.807) is 42.6 Å². The highest BCUT2D eigenvalue weighted by Gasteiger charge is 2.21. The van der Waals surface area contributed by atoms with Gasteiger partial charge in [-0.25, -0.2) is 4.98 Å². The maximum atomic E-state index is 12.7. The lowest BCUT2D eigenvalue weighted by Crippen LogP contribution is -2.27. The van der Waals surface area contributed by atoms with Crippen LogP contribution in [0.3, 0.4) is 0 Å². The number of rotatable bonds is 7. The fourth-order valence-electron chi connectivity index (χ4n) is 3.15. The summed E-state index contributed by atoms with van der Waals surface area (Å²) < 4.78 is 0. The van der Waals surface area contributed by atoms with Gasteiger partial charge in [0.25, 0.3) is 5.91 Å². The maximum absolute atomic E-state index is 12.7. The highest BCUT2D eigenvalue weighted by molar-refractivity contribution is 8.00. The molecule has 158 valence electrons. The molecule has 0 unspecified atom stereocenters. The van der Waals surface area contributed by atoms with E-state index in [4.69, 9.17) is 0 Å². The zero-order valence-electron chi connectivity index (χ0n) is 17.6. The lowest BCUT2D eigenvalue weighted by atomic mass is 10.1. The van der Waals surface area contributed by atoms with E-state index in [2.05, 4.69) is 10.3 Å². The van der Waals surface area contributed by atoms with Crippen molar-refractivity contribution in [1.82, 2.24) is 9.88 Å². The Bertz CT molecular complexity index is 904. The van der Waals surface area contributed by atoms with Crippen molar-refractivity contribution in [3.05, 3.63) is 53.7 Å². The Hall–Kier alpha value is -2.67. The topological polar surface area (TPSA) is 79.4 Å². The van der Waals surface area contributed by atoms with E-state index in [9.17, 15) is 14.4 Å². The molecule has 6 nitrogen and oxygen atoms in total. The smallest absolute Gasteiger partial charge is 0.255 e. The van der Waals surface area contributed by atoms with Gasteiger partial charge in [-0.3, -0.25) is 14.4 Å². The molecule has 2 amide bonds. The molecule has 1 fully saturated rings. The highest BCUT2D eigenvalue weighted by atomic mass is 32.2. The molecule has 1 aromatic heterocycles. The first-order valence-electron chi connectivity index (χ1n) is 10.2. The first kappa shape index (κ1) is 22.0. The zero-order chi connectivity index (χ0) is 21.7. The first-order valence-corrected chi connectivity index (χ1v) is 11.1. The molecule has 2 aromatic rings. The minimum Gasteiger partial charge on any atom is -0.339 e. The molecular formula is C23H27N3O3S. The van der Waals surface area contributed by atoms with Gasteiger partial charge in [0.15, 0.2) is 5.78 Å². The summed E-state index contributed by atoms with van der Waals surface area (Å²) in [7, 11) is 0. The van der Waals surface area contributed by atoms with E-state index >= 15 is 0 Å². The van der Waals surface area contributed by atoms with Crippen molar-refractivity contribution < 1.29 is 14.4 Å². The zero-order valence-corrected chi connectivity index (χ0v) is 18.4. The number of pyridine rings is 1. The summed E-state index contributed by atoms with van der Waals surface area (Å²) in [5, 5.41) is 3.19. The maximum Gasteiger partial charge on any atom is 0.255 e. The van der Waals surface area contributed by atoms with Crippen LogP contribution in [0.2, 0.25) is 0 Å². The van der Waals surface area contributed by atoms with Crippen LogP contribution < -0.4 is 5.32 Å². The van der Waals surface area contributed by atoms with Gasteiger partial charge in [0.05, 0.1) is 15.8 Å². The second-order valence-electron chi connectivity index (χ2n) is 7.73. The molecule has 1 aromatic carbocycles. The number of thioether (sulfide) groups is 1. The van der Waals surface area contributed by atoms with E-state index < -0.39 is 0 Å². The van der Waals surface area contributed by atoms with Crippen molar-refractivity contribution in [2.45, 2.75) is 43.9 Å². The van der Waals surface area contributed by atoms with Crippen molar-refractivity contribution in [3.63, 3.8) is 0 Å². The number of benzene rings is 1. The molecule has 0 aliphatic carbocycles. The third-order valence-corrected chi connectivity index (χ3v) is 6.06. The van der Waals surface area contributed by atoms with Crippen molar-refractivity contribution >= 4 is 35.0 Å². The molecule has 7 heteroatoms. The monoisotopic (exact) mass is 425 g/mol. The van der Waals surface area contributed by atoms with Crippen LogP contribution in [-0.4, -0.2) is 45.8 Å². The number of aromatic nitrogens is 1. The van der Waals surface area contributed by atoms with Gasteiger partial charge in [-0.15, -0.1) is 0 Å². The van der Waals surface area contributed by atoms with Crippen LogP contribution in [0.5, 0.6) is 0 Å². The van der Waals surface area contributed by atoms with E-state index in [-0.39, 0.29) is 28.8 Å². The molecule has 0 spiro atoms. The predicted octanol–water partition coefficient (Wildman–Crippen LogP) is 4.28. The number of Topliss-reactive ketones (excluding diaryl/α,β-unsaturated/α-hetero) is 1. The Kier molecular flexibility index (Phi) is 7.26. The summed E-state index contributed by atoms with van der Waals surface area (Å²) in [6, 6.07) is 10.5. The predicted molar refractivity (Wildman–Crippen MR) is 119 cm³/mol. The third kappa shape index (κ3) is 5.48. The van der Waals surface area contributed by atoms with E-state index in [1.165, 1.54) is 11.8 Å². The van der Waals surface area contributed by atoms with Gasteiger partial charge in [0.1, 0.15) is 0 Å². The van der Waals surface area contributed by atoms with Gasteiger partial charge >= 0.3 is 0 Å². The normalized spacial score (nSPS) is 14.6. The van der Waals surface area contributed by atoms with Crippen LogP contribution >= 0.6 is 11.8 Å². The number of nitrogens with zero attached hydrogens (tertiary/aromatic N) is 2. The van der Waals surface area contributed by atoms with Crippen LogP contribution in [0.1, 0.15) is 54.3 Å². The van der Waals surface area contributed by atoms with E-state index in [0.717, 1.165) is 25.9 Å². The quantitative estimate of drug-likeness (QED) is 0.529. The van der Waals surface area contributed by atoms with Gasteiger partial charge in [0, 0.05) is 36.5 Å². The second-order valence-corrected chi connectivity index (χ2v) is 9.09. The number of likely N-dealkylation sites (tertiary alicyclic amines) is 1. The Morgan fingerprint density at radius 1 is 0.967 bits per heavy atom. The molecule has 1 N–H and O–H groups in total. The number of hydrogen-bond acceptors (Lipinski definition) is 5. The number of carbonyl (C=O) groups excluding carboxylic acids is 3. The Labute approximate surface area is 181 Å². The molecular weight excluding hydrogens is 398 g/mol. The summed E-state index contributed by atoms with van der Waals surface area (Å²) in [6.07, 6.45) is 3.70. The second kappa shape index (κ2) is 9.89. The van der Waals surface area contributed by atoms with Crippen molar-refractivity contribution in [3.8, 4) is 0 Å².